The minimum atomic E-state index is -2.25. The number of rotatable bonds is 14. The van der Waals surface area contributed by atoms with E-state index in [1.165, 1.54) is 27.3 Å². The van der Waals surface area contributed by atoms with Crippen LogP contribution in [0.5, 0.6) is 0 Å². The lowest BCUT2D eigenvalue weighted by Crippen LogP contribution is -2.67. The third-order valence-electron chi connectivity index (χ3n) is 7.70. The summed E-state index contributed by atoms with van der Waals surface area (Å²) in [5.41, 5.74) is -1.53. The Labute approximate surface area is 272 Å². The zero-order valence-corrected chi connectivity index (χ0v) is 32.7. The summed E-state index contributed by atoms with van der Waals surface area (Å²) in [6, 6.07) is -0.680. The van der Waals surface area contributed by atoms with E-state index in [9.17, 15) is 19.2 Å². The molecule has 0 N–H and O–H groups in total. The summed E-state index contributed by atoms with van der Waals surface area (Å²) in [5, 5.41) is 0. The molecule has 2 fully saturated rings. The normalized spacial score (nSPS) is 27.8. The van der Waals surface area contributed by atoms with Crippen molar-refractivity contribution in [2.75, 3.05) is 21.2 Å². The van der Waals surface area contributed by atoms with Crippen molar-refractivity contribution in [1.29, 1.82) is 0 Å². The van der Waals surface area contributed by atoms with Crippen LogP contribution < -0.4 is 0 Å². The maximum atomic E-state index is 13.6. The molecule has 2 rings (SSSR count). The molecule has 0 aromatic rings. The molecule has 2 heterocycles. The fourth-order valence-electron chi connectivity index (χ4n) is 5.94. The largest absolute Gasteiger partial charge is 0.467 e. The van der Waals surface area contributed by atoms with Crippen LogP contribution in [0.25, 0.3) is 0 Å². The van der Waals surface area contributed by atoms with E-state index in [1.54, 1.807) is 6.92 Å². The number of ether oxygens (including phenoxy) is 3. The topological polar surface area (TPSA) is 130 Å². The predicted molar refractivity (Wildman–Crippen MR) is 178 cm³/mol. The lowest BCUT2D eigenvalue weighted by molar-refractivity contribution is -0.295. The molecular formula is C30H56N2O10Si3. The smallest absolute Gasteiger partial charge is 0.337 e. The maximum Gasteiger partial charge on any atom is 0.337 e. The van der Waals surface area contributed by atoms with Crippen molar-refractivity contribution in [1.82, 2.24) is 9.80 Å². The van der Waals surface area contributed by atoms with Crippen molar-refractivity contribution < 1.29 is 46.7 Å². The van der Waals surface area contributed by atoms with Gasteiger partial charge in [-0.3, -0.25) is 19.4 Å². The molecule has 2 saturated heterocycles. The number of carbonyl (C=O) groups is 4. The fourth-order valence-corrected chi connectivity index (χ4v) is 9.16. The first-order valence-electron chi connectivity index (χ1n) is 15.5. The summed E-state index contributed by atoms with van der Waals surface area (Å²) in [6.07, 6.45) is -3.16. The van der Waals surface area contributed by atoms with Crippen LogP contribution in [0, 0.1) is 11.3 Å². The molecule has 7 atom stereocenters. The Morgan fingerprint density at radius 3 is 1.73 bits per heavy atom. The van der Waals surface area contributed by atoms with Gasteiger partial charge in [0.25, 0.3) is 0 Å². The van der Waals surface area contributed by atoms with Crippen molar-refractivity contribution in [2.24, 2.45) is 11.3 Å². The molecule has 2 aliphatic rings. The Bertz CT molecular complexity index is 1090. The van der Waals surface area contributed by atoms with Gasteiger partial charge in [-0.05, 0) is 84.6 Å². The summed E-state index contributed by atoms with van der Waals surface area (Å²) < 4.78 is 38.1. The van der Waals surface area contributed by atoms with E-state index >= 15 is 0 Å². The number of allylic oxidation sites excluding steroid dienone is 1. The minimum Gasteiger partial charge on any atom is -0.467 e. The fraction of sp³-hybridized carbons (Fsp3) is 0.800. The second-order valence-corrected chi connectivity index (χ2v) is 28.5. The molecule has 12 nitrogen and oxygen atoms in total. The summed E-state index contributed by atoms with van der Waals surface area (Å²) in [5.74, 6) is -2.33. The van der Waals surface area contributed by atoms with E-state index in [4.69, 9.17) is 27.5 Å². The van der Waals surface area contributed by atoms with Gasteiger partial charge in [0.2, 0.25) is 11.8 Å². The van der Waals surface area contributed by atoms with Crippen molar-refractivity contribution in [2.45, 2.75) is 122 Å². The number of esters is 1. The van der Waals surface area contributed by atoms with Gasteiger partial charge in [0, 0.05) is 14.1 Å². The zero-order valence-electron chi connectivity index (χ0n) is 29.7. The molecule has 258 valence electrons. The third-order valence-corrected chi connectivity index (χ3v) is 10.6. The Morgan fingerprint density at radius 2 is 1.31 bits per heavy atom. The number of amides is 4. The van der Waals surface area contributed by atoms with Crippen LogP contribution >= 0.6 is 0 Å². The summed E-state index contributed by atoms with van der Waals surface area (Å²) in [6.45, 7) is 25.8. The molecule has 2 aliphatic heterocycles. The Hall–Kier alpha value is -1.73. The molecule has 0 spiro atoms. The first kappa shape index (κ1) is 39.4. The van der Waals surface area contributed by atoms with Crippen molar-refractivity contribution in [3.8, 4) is 0 Å². The summed E-state index contributed by atoms with van der Waals surface area (Å²) in [4.78, 5) is 54.8. The molecule has 7 unspecified atom stereocenters. The van der Waals surface area contributed by atoms with Crippen molar-refractivity contribution >= 4 is 48.8 Å². The maximum absolute atomic E-state index is 13.6. The van der Waals surface area contributed by atoms with E-state index in [0.717, 1.165) is 9.80 Å². The number of hydrogen-bond acceptors (Lipinski definition) is 10. The molecule has 0 bridgehead atoms. The first-order valence-corrected chi connectivity index (χ1v) is 25.8. The monoisotopic (exact) mass is 688 g/mol. The Balaban J connectivity index is 2.55. The van der Waals surface area contributed by atoms with E-state index in [2.05, 4.69) is 45.9 Å². The number of barbiturate groups is 1. The lowest BCUT2D eigenvalue weighted by Gasteiger charge is -2.50. The third kappa shape index (κ3) is 9.43. The molecule has 4 amide bonds. The summed E-state index contributed by atoms with van der Waals surface area (Å²) in [7, 11) is -2.68. The highest BCUT2D eigenvalue weighted by Crippen LogP contribution is 2.42. The van der Waals surface area contributed by atoms with Gasteiger partial charge in [0.1, 0.15) is 23.7 Å². The Morgan fingerprint density at radius 1 is 0.867 bits per heavy atom. The van der Waals surface area contributed by atoms with Crippen LogP contribution in [0.3, 0.4) is 0 Å². The van der Waals surface area contributed by atoms with Gasteiger partial charge < -0.3 is 27.5 Å². The molecule has 0 saturated carbocycles. The lowest BCUT2D eigenvalue weighted by atomic mass is 9.68. The molecular weight excluding hydrogens is 633 g/mol. The molecule has 0 radical (unpaired) electrons. The van der Waals surface area contributed by atoms with Crippen molar-refractivity contribution in [3.63, 3.8) is 0 Å². The van der Waals surface area contributed by atoms with Crippen LogP contribution in [0.1, 0.15) is 26.7 Å². The van der Waals surface area contributed by atoms with Gasteiger partial charge in [0.05, 0.1) is 13.2 Å². The molecule has 15 heteroatoms. The highest BCUT2D eigenvalue weighted by Gasteiger charge is 2.58. The second-order valence-electron chi connectivity index (χ2n) is 15.1. The number of imide groups is 2. The van der Waals surface area contributed by atoms with Gasteiger partial charge >= 0.3 is 12.0 Å². The zero-order chi connectivity index (χ0) is 34.9. The van der Waals surface area contributed by atoms with Crippen LogP contribution in [0.2, 0.25) is 58.9 Å². The second kappa shape index (κ2) is 14.6. The molecule has 45 heavy (non-hydrogen) atoms. The van der Waals surface area contributed by atoms with Gasteiger partial charge in [-0.15, -0.1) is 6.58 Å². The minimum absolute atomic E-state index is 0.0497. The number of urea groups is 1. The van der Waals surface area contributed by atoms with Crippen LogP contribution in [0.15, 0.2) is 12.7 Å². The number of nitrogens with zero attached hydrogens (tertiary/aromatic N) is 2. The Kier molecular flexibility index (Phi) is 12.8. The number of methoxy groups -OCH3 is 1. The number of carbonyl (C=O) groups excluding carboxylic acids is 4. The van der Waals surface area contributed by atoms with Gasteiger partial charge in [-0.2, -0.15) is 0 Å². The average Bonchev–Trinajstić information content (AvgIpc) is 2.89. The molecule has 0 aliphatic carbocycles. The van der Waals surface area contributed by atoms with E-state index in [-0.39, 0.29) is 12.8 Å². The quantitative estimate of drug-likeness (QED) is 0.111. The van der Waals surface area contributed by atoms with Gasteiger partial charge in [-0.1, -0.05) is 13.0 Å². The molecule has 0 aromatic heterocycles. The highest BCUT2D eigenvalue weighted by molar-refractivity contribution is 6.70. The van der Waals surface area contributed by atoms with Crippen LogP contribution in [0.4, 0.5) is 4.79 Å². The number of hydrogen-bond donors (Lipinski definition) is 0. The average molecular weight is 689 g/mol. The SMILES string of the molecule is C=CCC1(C(C)CC(C)OC2OC(C(=O)OC)C(O[Si](C)(C)C)C(O[Si](C)(C)C)C2O[Si](C)(C)C)C(=O)N(C)C(=O)N(C)C1=O. The van der Waals surface area contributed by atoms with E-state index < -0.39 is 96.9 Å². The molecule has 0 aromatic carbocycles. The van der Waals surface area contributed by atoms with Crippen LogP contribution in [-0.4, -0.2) is 117 Å². The van der Waals surface area contributed by atoms with E-state index in [0.29, 0.717) is 0 Å². The predicted octanol–water partition coefficient (Wildman–Crippen LogP) is 4.59. The summed E-state index contributed by atoms with van der Waals surface area (Å²) >= 11 is 0. The van der Waals surface area contributed by atoms with Gasteiger partial charge in [0.15, 0.2) is 37.3 Å². The van der Waals surface area contributed by atoms with Gasteiger partial charge in [-0.25, -0.2) is 9.59 Å². The first-order chi connectivity index (χ1) is 20.4. The highest BCUT2D eigenvalue weighted by atomic mass is 28.4. The van der Waals surface area contributed by atoms with Crippen molar-refractivity contribution in [3.05, 3.63) is 12.7 Å². The van der Waals surface area contributed by atoms with E-state index in [1.807, 2.05) is 26.6 Å². The standard InChI is InChI=1S/C30H56N2O10Si3/c1-16-17-30(27(34)31(4)29(36)32(5)28(30)35)19(2)18-20(3)38-26-24(42-45(13,14)15)22(41-44(10,11)12)21(40-43(7,8)9)23(39-26)25(33)37-6/h16,19-24,26H,1,17-18H2,2-15H3. The van der Waals surface area contributed by atoms with Crippen LogP contribution in [-0.2, 0) is 41.9 Å².